The van der Waals surface area contributed by atoms with Crippen LogP contribution in [0.15, 0.2) is 30.6 Å². The molecule has 4 N–H and O–H groups in total. The second-order valence-corrected chi connectivity index (χ2v) is 8.56. The molecule has 11 nitrogen and oxygen atoms in total. The summed E-state index contributed by atoms with van der Waals surface area (Å²) in [7, 11) is 0. The van der Waals surface area contributed by atoms with E-state index in [2.05, 4.69) is 15.0 Å². The van der Waals surface area contributed by atoms with Crippen LogP contribution in [0.1, 0.15) is 18.2 Å². The topological polar surface area (TPSA) is 162 Å². The van der Waals surface area contributed by atoms with Crippen LogP contribution in [0.2, 0.25) is 0 Å². The van der Waals surface area contributed by atoms with Crippen molar-refractivity contribution in [3.63, 3.8) is 0 Å². The van der Waals surface area contributed by atoms with Gasteiger partial charge in [0.05, 0.1) is 0 Å². The van der Waals surface area contributed by atoms with E-state index in [0.717, 1.165) is 5.56 Å². The van der Waals surface area contributed by atoms with Crippen molar-refractivity contribution in [2.75, 3.05) is 12.3 Å². The van der Waals surface area contributed by atoms with Gasteiger partial charge >= 0.3 is 171 Å². The van der Waals surface area contributed by atoms with E-state index >= 15 is 0 Å². The van der Waals surface area contributed by atoms with Crippen molar-refractivity contribution in [3.05, 3.63) is 46.3 Å². The Morgan fingerprint density at radius 2 is 2.10 bits per heavy atom. The van der Waals surface area contributed by atoms with Crippen molar-refractivity contribution >= 4 is 42.3 Å². The number of nitrogens with two attached hydrogens (primary N) is 1. The molecule has 0 saturated carbocycles. The third kappa shape index (κ3) is 3.93. The van der Waals surface area contributed by atoms with Gasteiger partial charge in [0.15, 0.2) is 0 Å². The maximum absolute atomic E-state index is 10.8. The summed E-state index contributed by atoms with van der Waals surface area (Å²) in [5, 5.41) is 30.7. The Morgan fingerprint density at radius 1 is 1.34 bits per heavy atom. The van der Waals surface area contributed by atoms with E-state index < -0.39 is 23.4 Å². The number of nitrogens with zero attached hydrogens (tertiary/aromatic N) is 5. The van der Waals surface area contributed by atoms with Gasteiger partial charge in [0, 0.05) is 0 Å². The Kier molecular flexibility index (Phi) is 5.43. The molecule has 1 aliphatic rings. The van der Waals surface area contributed by atoms with Crippen LogP contribution < -0.4 is 10.3 Å². The first-order chi connectivity index (χ1) is 14.0. The van der Waals surface area contributed by atoms with Crippen LogP contribution >= 0.6 is 0 Å². The Labute approximate surface area is 170 Å². The number of aliphatic hydroxyl groups excluding tert-OH is 2. The van der Waals surface area contributed by atoms with Crippen molar-refractivity contribution in [2.24, 2.45) is 0 Å². The van der Waals surface area contributed by atoms with E-state index in [0.29, 0.717) is 27.5 Å². The number of aliphatic hydroxyl groups is 2. The Hall–Kier alpha value is -2.63. The maximum atomic E-state index is 10.8. The first kappa shape index (κ1) is 19.7. The Bertz CT molecular complexity index is 1040. The molecule has 3 heterocycles. The van der Waals surface area contributed by atoms with Gasteiger partial charge in [-0.2, -0.15) is 0 Å². The van der Waals surface area contributed by atoms with Crippen molar-refractivity contribution in [1.82, 2.24) is 19.5 Å². The third-order valence-electron chi connectivity index (χ3n) is 4.62. The van der Waals surface area contributed by atoms with Crippen LogP contribution in [-0.2, 0) is 10.1 Å². The van der Waals surface area contributed by atoms with E-state index in [1.807, 2.05) is 0 Å². The third-order valence-corrected chi connectivity index (χ3v) is 6.80. The number of aromatic nitrogens is 4. The number of nitro benzene ring substituents is 1. The first-order valence-electron chi connectivity index (χ1n) is 8.77. The number of nitrogen functional groups attached to an aromatic ring is 1. The number of ether oxygens (including phenoxy) is 1. The Morgan fingerprint density at radius 3 is 2.76 bits per heavy atom. The summed E-state index contributed by atoms with van der Waals surface area (Å²) in [6.07, 6.45) is -0.0444. The number of hydrogen-bond acceptors (Lipinski definition) is 9. The van der Waals surface area contributed by atoms with Gasteiger partial charge in [0.2, 0.25) is 0 Å². The summed E-state index contributed by atoms with van der Waals surface area (Å²) in [5.41, 5.74) is 8.01. The normalized spacial score (nSPS) is 21.7. The second kappa shape index (κ2) is 8.01. The molecule has 29 heavy (non-hydrogen) atoms. The number of imidazole rings is 1. The zero-order valence-electron chi connectivity index (χ0n) is 15.1. The number of hydrogen-bond donors (Lipinski definition) is 3. The summed E-state index contributed by atoms with van der Waals surface area (Å²) in [6, 6.07) is 6.40. The SMILES string of the molecule is Nc1nc([Se]Cc2ccc([N+](=O)[O-])cc2)c2ncn([C@H]3C[C@H](O)[C@@H](CO)O3)c2n1. The van der Waals surface area contributed by atoms with Crippen LogP contribution in [-0.4, -0.2) is 68.4 Å². The van der Waals surface area contributed by atoms with E-state index in [1.54, 1.807) is 23.0 Å². The van der Waals surface area contributed by atoms with Crippen LogP contribution in [0, 0.1) is 10.1 Å². The Balaban J connectivity index is 1.57. The molecular weight excluding hydrogens is 447 g/mol. The van der Waals surface area contributed by atoms with Gasteiger partial charge < -0.3 is 0 Å². The predicted octanol–water partition coefficient (Wildman–Crippen LogP) is -0.513. The van der Waals surface area contributed by atoms with Crippen molar-refractivity contribution < 1.29 is 19.9 Å². The van der Waals surface area contributed by atoms with Gasteiger partial charge in [-0.05, 0) is 0 Å². The number of non-ortho nitro benzene ring substituents is 1. The quantitative estimate of drug-likeness (QED) is 0.247. The molecule has 0 amide bonds. The predicted molar refractivity (Wildman–Crippen MR) is 104 cm³/mol. The van der Waals surface area contributed by atoms with Crippen LogP contribution in [0.25, 0.3) is 11.2 Å². The second-order valence-electron chi connectivity index (χ2n) is 6.54. The summed E-state index contributed by atoms with van der Waals surface area (Å²) in [5.74, 6) is 0.108. The molecule has 2 aromatic heterocycles. The average Bonchev–Trinajstić information content (AvgIpc) is 3.29. The van der Waals surface area contributed by atoms with E-state index in [9.17, 15) is 20.3 Å². The molecule has 0 bridgehead atoms. The molecule has 1 saturated heterocycles. The van der Waals surface area contributed by atoms with Crippen LogP contribution in [0.4, 0.5) is 11.6 Å². The first-order valence-corrected chi connectivity index (χ1v) is 10.8. The van der Waals surface area contributed by atoms with Gasteiger partial charge in [-0.25, -0.2) is 0 Å². The molecule has 12 heteroatoms. The molecular formula is C17H18N6O5Se. The number of anilines is 1. The van der Waals surface area contributed by atoms with Gasteiger partial charge in [0.25, 0.3) is 0 Å². The van der Waals surface area contributed by atoms with Gasteiger partial charge in [0.1, 0.15) is 0 Å². The average molecular weight is 465 g/mol. The molecule has 152 valence electrons. The van der Waals surface area contributed by atoms with Gasteiger partial charge in [-0.15, -0.1) is 0 Å². The number of fused-ring (bicyclic) bond motifs is 1. The monoisotopic (exact) mass is 466 g/mol. The van der Waals surface area contributed by atoms with Gasteiger partial charge in [-0.3, -0.25) is 0 Å². The van der Waals surface area contributed by atoms with Gasteiger partial charge in [-0.1, -0.05) is 0 Å². The zero-order valence-corrected chi connectivity index (χ0v) is 16.8. The van der Waals surface area contributed by atoms with E-state index in [4.69, 9.17) is 10.5 Å². The molecule has 4 rings (SSSR count). The summed E-state index contributed by atoms with van der Waals surface area (Å²) >= 11 is -0.131. The van der Waals surface area contributed by atoms with Crippen LogP contribution in [0.5, 0.6) is 0 Å². The summed E-state index contributed by atoms with van der Waals surface area (Å²) in [4.78, 5) is 23.4. The summed E-state index contributed by atoms with van der Waals surface area (Å²) in [6.45, 7) is -0.273. The fourth-order valence-electron chi connectivity index (χ4n) is 3.13. The number of rotatable bonds is 6. The summed E-state index contributed by atoms with van der Waals surface area (Å²) < 4.78 is 8.10. The number of benzene rings is 1. The molecule has 0 unspecified atom stereocenters. The molecule has 1 fully saturated rings. The molecule has 3 atom stereocenters. The van der Waals surface area contributed by atoms with E-state index in [1.165, 1.54) is 12.1 Å². The number of nitro groups is 1. The fourth-order valence-corrected chi connectivity index (χ4v) is 5.09. The molecule has 0 spiro atoms. The molecule has 0 radical (unpaired) electrons. The van der Waals surface area contributed by atoms with E-state index in [-0.39, 0.29) is 33.2 Å². The fraction of sp³-hybridized carbons (Fsp3) is 0.353. The molecule has 1 aromatic carbocycles. The molecule has 1 aliphatic heterocycles. The van der Waals surface area contributed by atoms with Crippen molar-refractivity contribution in [1.29, 1.82) is 0 Å². The zero-order chi connectivity index (χ0) is 20.5. The van der Waals surface area contributed by atoms with Crippen LogP contribution in [0.3, 0.4) is 0 Å². The molecule has 0 aliphatic carbocycles. The standard InChI is InChI=1S/C17H18N6O5Se/c18-17-20-15-14(19-8-22(15)13-5-11(25)12(6-24)28-13)16(21-17)29-7-9-1-3-10(4-2-9)23(26)27/h1-4,8,11-13,24-25H,5-7H2,(H2,18,20,21)/t11-,12+,13+/m0/s1. The van der Waals surface area contributed by atoms with Crippen molar-refractivity contribution in [2.45, 2.75) is 30.2 Å². The minimum absolute atomic E-state index is 0.0496. The minimum atomic E-state index is -0.771. The molecule has 3 aromatic rings. The van der Waals surface area contributed by atoms with Crippen molar-refractivity contribution in [3.8, 4) is 0 Å².